The van der Waals surface area contributed by atoms with Crippen LogP contribution in [0, 0.1) is 5.92 Å². The summed E-state index contributed by atoms with van der Waals surface area (Å²) in [6.45, 7) is 4.11. The number of nitrogens with zero attached hydrogens (tertiary/aromatic N) is 2. The number of rotatable bonds is 3. The third-order valence-electron chi connectivity index (χ3n) is 1.85. The highest BCUT2D eigenvalue weighted by atomic mass is 79.9. The predicted molar refractivity (Wildman–Crippen MR) is 64.6 cm³/mol. The lowest BCUT2D eigenvalue weighted by Gasteiger charge is -2.08. The Bertz CT molecular complexity index is 410. The van der Waals surface area contributed by atoms with Gasteiger partial charge in [-0.2, -0.15) is 0 Å². The lowest BCUT2D eigenvalue weighted by molar-refractivity contribution is 0.0586. The van der Waals surface area contributed by atoms with Gasteiger partial charge in [0.1, 0.15) is 5.15 Å². The minimum atomic E-state index is -0.584. The second-order valence-corrected chi connectivity index (χ2v) is 4.84. The minimum absolute atomic E-state index is 0.00801. The van der Waals surface area contributed by atoms with Crippen molar-refractivity contribution in [2.45, 2.75) is 20.3 Å². The average molecular weight is 308 g/mol. The van der Waals surface area contributed by atoms with Gasteiger partial charge in [-0.1, -0.05) is 25.4 Å². The van der Waals surface area contributed by atoms with Gasteiger partial charge < -0.3 is 4.74 Å². The molecule has 0 spiro atoms. The van der Waals surface area contributed by atoms with E-state index in [2.05, 4.69) is 44.5 Å². The van der Waals surface area contributed by atoms with Gasteiger partial charge in [0.25, 0.3) is 0 Å². The van der Waals surface area contributed by atoms with Crippen molar-refractivity contribution >= 4 is 33.5 Å². The first-order valence-electron chi connectivity index (χ1n) is 4.76. The molecule has 1 rings (SSSR count). The van der Waals surface area contributed by atoms with Crippen LogP contribution in [0.1, 0.15) is 30.2 Å². The van der Waals surface area contributed by atoms with Gasteiger partial charge in [-0.25, -0.2) is 14.8 Å². The Morgan fingerprint density at radius 1 is 1.50 bits per heavy atom. The summed E-state index contributed by atoms with van der Waals surface area (Å²) < 4.78 is 5.19. The SMILES string of the molecule is COC(=O)c1nc(Cl)c(Br)c(CC(C)C)n1. The molecular formula is C10H12BrClN2O2. The first-order chi connectivity index (χ1) is 7.45. The van der Waals surface area contributed by atoms with Crippen molar-refractivity contribution in [1.82, 2.24) is 9.97 Å². The smallest absolute Gasteiger partial charge is 0.376 e. The van der Waals surface area contributed by atoms with E-state index in [0.717, 1.165) is 5.69 Å². The molecule has 0 bridgehead atoms. The molecule has 1 heterocycles. The third kappa shape index (κ3) is 3.15. The number of halogens is 2. The Hall–Kier alpha value is -0.680. The normalized spacial score (nSPS) is 10.6. The van der Waals surface area contributed by atoms with E-state index in [1.54, 1.807) is 0 Å². The van der Waals surface area contributed by atoms with E-state index in [1.807, 2.05) is 0 Å². The van der Waals surface area contributed by atoms with Crippen LogP contribution < -0.4 is 0 Å². The number of ether oxygens (including phenoxy) is 1. The molecule has 1 aromatic rings. The molecule has 1 aromatic heterocycles. The number of esters is 1. The van der Waals surface area contributed by atoms with E-state index in [-0.39, 0.29) is 11.0 Å². The number of hydrogen-bond donors (Lipinski definition) is 0. The summed E-state index contributed by atoms with van der Waals surface area (Å²) >= 11 is 9.20. The Morgan fingerprint density at radius 2 is 2.12 bits per heavy atom. The van der Waals surface area contributed by atoms with E-state index in [1.165, 1.54) is 7.11 Å². The molecule has 0 fully saturated rings. The van der Waals surface area contributed by atoms with Crippen LogP contribution in [-0.2, 0) is 11.2 Å². The van der Waals surface area contributed by atoms with E-state index < -0.39 is 5.97 Å². The van der Waals surface area contributed by atoms with E-state index >= 15 is 0 Å². The highest BCUT2D eigenvalue weighted by Crippen LogP contribution is 2.25. The summed E-state index contributed by atoms with van der Waals surface area (Å²) in [5, 5.41) is 0.228. The van der Waals surface area contributed by atoms with Gasteiger partial charge in [-0.15, -0.1) is 0 Å². The number of hydrogen-bond acceptors (Lipinski definition) is 4. The second-order valence-electron chi connectivity index (χ2n) is 3.69. The standard InChI is InChI=1S/C10H12BrClN2O2/c1-5(2)4-6-7(11)8(12)14-9(13-6)10(15)16-3/h5H,4H2,1-3H3. The molecule has 0 saturated carbocycles. The van der Waals surface area contributed by atoms with Gasteiger partial charge >= 0.3 is 5.97 Å². The fourth-order valence-electron chi connectivity index (χ4n) is 1.17. The molecule has 0 atom stereocenters. The van der Waals surface area contributed by atoms with Gasteiger partial charge in [0.05, 0.1) is 17.3 Å². The molecule has 0 saturated heterocycles. The van der Waals surface area contributed by atoms with Crippen LogP contribution in [0.4, 0.5) is 0 Å². The lowest BCUT2D eigenvalue weighted by Crippen LogP contribution is -2.11. The fourth-order valence-corrected chi connectivity index (χ4v) is 1.70. The zero-order valence-corrected chi connectivity index (χ0v) is 11.6. The third-order valence-corrected chi connectivity index (χ3v) is 3.18. The van der Waals surface area contributed by atoms with Gasteiger partial charge in [0, 0.05) is 0 Å². The molecule has 0 amide bonds. The zero-order valence-electron chi connectivity index (χ0n) is 9.25. The molecule has 0 aliphatic rings. The van der Waals surface area contributed by atoms with Crippen molar-refractivity contribution in [2.24, 2.45) is 5.92 Å². The van der Waals surface area contributed by atoms with Crippen LogP contribution in [0.2, 0.25) is 5.15 Å². The van der Waals surface area contributed by atoms with E-state index in [0.29, 0.717) is 16.8 Å². The number of carbonyl (C=O) groups excluding carboxylic acids is 1. The first kappa shape index (κ1) is 13.4. The highest BCUT2D eigenvalue weighted by molar-refractivity contribution is 9.10. The predicted octanol–water partition coefficient (Wildman–Crippen LogP) is 2.88. The van der Waals surface area contributed by atoms with Crippen molar-refractivity contribution in [3.63, 3.8) is 0 Å². The fraction of sp³-hybridized carbons (Fsp3) is 0.500. The Labute approximate surface area is 108 Å². The molecule has 0 aliphatic heterocycles. The lowest BCUT2D eigenvalue weighted by atomic mass is 10.1. The van der Waals surface area contributed by atoms with Crippen LogP contribution in [0.5, 0.6) is 0 Å². The summed E-state index contributed by atoms with van der Waals surface area (Å²) in [5.41, 5.74) is 0.718. The van der Waals surface area contributed by atoms with Gasteiger partial charge in [0.15, 0.2) is 0 Å². The van der Waals surface area contributed by atoms with Gasteiger partial charge in [-0.3, -0.25) is 0 Å². The first-order valence-corrected chi connectivity index (χ1v) is 5.93. The quantitative estimate of drug-likeness (QED) is 0.636. The molecule has 0 unspecified atom stereocenters. The van der Waals surface area contributed by atoms with Crippen molar-refractivity contribution in [3.8, 4) is 0 Å². The van der Waals surface area contributed by atoms with Crippen molar-refractivity contribution in [1.29, 1.82) is 0 Å². The monoisotopic (exact) mass is 306 g/mol. The molecule has 0 aliphatic carbocycles. The summed E-state index contributed by atoms with van der Waals surface area (Å²) in [6.07, 6.45) is 0.715. The van der Waals surface area contributed by atoms with Crippen molar-refractivity contribution in [2.75, 3.05) is 7.11 Å². The highest BCUT2D eigenvalue weighted by Gasteiger charge is 2.16. The van der Waals surface area contributed by atoms with Crippen LogP contribution in [0.25, 0.3) is 0 Å². The summed E-state index contributed by atoms with van der Waals surface area (Å²) in [4.78, 5) is 19.3. The van der Waals surface area contributed by atoms with Crippen LogP contribution in [0.15, 0.2) is 4.47 Å². The van der Waals surface area contributed by atoms with Gasteiger partial charge in [-0.05, 0) is 28.3 Å². The van der Waals surface area contributed by atoms with Crippen molar-refractivity contribution in [3.05, 3.63) is 21.1 Å². The summed E-state index contributed by atoms with van der Waals surface area (Å²) in [7, 11) is 1.28. The number of aromatic nitrogens is 2. The molecule has 0 aromatic carbocycles. The number of methoxy groups -OCH3 is 1. The van der Waals surface area contributed by atoms with E-state index in [9.17, 15) is 4.79 Å². The maximum absolute atomic E-state index is 11.3. The zero-order chi connectivity index (χ0) is 12.3. The van der Waals surface area contributed by atoms with E-state index in [4.69, 9.17) is 11.6 Å². The van der Waals surface area contributed by atoms with Crippen LogP contribution in [0.3, 0.4) is 0 Å². The largest absolute Gasteiger partial charge is 0.463 e. The maximum Gasteiger partial charge on any atom is 0.376 e. The van der Waals surface area contributed by atoms with Crippen LogP contribution in [-0.4, -0.2) is 23.0 Å². The number of carbonyl (C=O) groups is 1. The van der Waals surface area contributed by atoms with Crippen LogP contribution >= 0.6 is 27.5 Å². The maximum atomic E-state index is 11.3. The average Bonchev–Trinajstić information content (AvgIpc) is 2.22. The van der Waals surface area contributed by atoms with Gasteiger partial charge in [0.2, 0.25) is 5.82 Å². The molecular weight excluding hydrogens is 295 g/mol. The Kier molecular flexibility index (Phi) is 4.68. The Morgan fingerprint density at radius 3 is 2.62 bits per heavy atom. The summed E-state index contributed by atoms with van der Waals surface area (Å²) in [6, 6.07) is 0. The molecule has 88 valence electrons. The minimum Gasteiger partial charge on any atom is -0.463 e. The summed E-state index contributed by atoms with van der Waals surface area (Å²) in [5.74, 6) is -0.182. The topological polar surface area (TPSA) is 52.1 Å². The Balaban J connectivity index is 3.16. The van der Waals surface area contributed by atoms with Crippen molar-refractivity contribution < 1.29 is 9.53 Å². The molecule has 6 heteroatoms. The molecule has 4 nitrogen and oxygen atoms in total. The molecule has 16 heavy (non-hydrogen) atoms. The second kappa shape index (κ2) is 5.59. The molecule has 0 N–H and O–H groups in total. The molecule has 0 radical (unpaired) electrons.